The van der Waals surface area contributed by atoms with Crippen LogP contribution in [0.2, 0.25) is 5.02 Å². The number of hydrogen-bond donors (Lipinski definition) is 1. The molecule has 0 saturated carbocycles. The van der Waals surface area contributed by atoms with Crippen LogP contribution in [0.4, 0.5) is 0 Å². The van der Waals surface area contributed by atoms with Gasteiger partial charge in [0.05, 0.1) is 18.7 Å². The fourth-order valence-electron chi connectivity index (χ4n) is 2.12. The fourth-order valence-corrected chi connectivity index (χ4v) is 2.50. The summed E-state index contributed by atoms with van der Waals surface area (Å²) in [5, 5.41) is 10.7. The van der Waals surface area contributed by atoms with E-state index in [0.717, 1.165) is 0 Å². The summed E-state index contributed by atoms with van der Waals surface area (Å²) in [6.45, 7) is 1.95. The van der Waals surface area contributed by atoms with Gasteiger partial charge in [-0.2, -0.15) is 0 Å². The van der Waals surface area contributed by atoms with Crippen LogP contribution in [0.25, 0.3) is 0 Å². The number of methoxy groups -OCH3 is 1. The first-order valence-electron chi connectivity index (χ1n) is 5.89. The van der Waals surface area contributed by atoms with E-state index in [1.165, 1.54) is 7.11 Å². The van der Waals surface area contributed by atoms with Gasteiger partial charge in [-0.1, -0.05) is 11.6 Å². The molecule has 2 rings (SSSR count). The van der Waals surface area contributed by atoms with Crippen molar-refractivity contribution in [2.24, 2.45) is 0 Å². The molecule has 1 aliphatic heterocycles. The molecule has 1 aromatic rings. The second kappa shape index (κ2) is 5.40. The zero-order chi connectivity index (χ0) is 14.0. The summed E-state index contributed by atoms with van der Waals surface area (Å²) in [5.74, 6) is -1.69. The zero-order valence-electron chi connectivity index (χ0n) is 10.7. The van der Waals surface area contributed by atoms with Crippen LogP contribution in [0.1, 0.15) is 18.9 Å². The number of halogens is 1. The number of benzene rings is 1. The quantitative estimate of drug-likeness (QED) is 0.642. The zero-order valence-corrected chi connectivity index (χ0v) is 11.5. The van der Waals surface area contributed by atoms with E-state index < -0.39 is 11.8 Å². The molecule has 1 heterocycles. The predicted octanol–water partition coefficient (Wildman–Crippen LogP) is 0.454. The van der Waals surface area contributed by atoms with Crippen molar-refractivity contribution < 1.29 is 24.0 Å². The summed E-state index contributed by atoms with van der Waals surface area (Å²) >= 11 is 6.13. The minimum absolute atomic E-state index is 0.169. The minimum Gasteiger partial charge on any atom is -0.497 e. The summed E-state index contributed by atoms with van der Waals surface area (Å²) < 4.78 is 15.2. The van der Waals surface area contributed by atoms with Gasteiger partial charge in [0.25, 0.3) is 0 Å². The van der Waals surface area contributed by atoms with Gasteiger partial charge < -0.3 is 19.2 Å². The van der Waals surface area contributed by atoms with Crippen LogP contribution < -0.4 is 10.2 Å². The lowest BCUT2D eigenvalue weighted by Crippen LogP contribution is -2.30. The fraction of sp³-hybridized carbons (Fsp3) is 0.417. The van der Waals surface area contributed by atoms with Gasteiger partial charge in [-0.05, 0) is 24.5 Å². The van der Waals surface area contributed by atoms with Crippen molar-refractivity contribution >= 4 is 30.5 Å². The Labute approximate surface area is 116 Å². The molecule has 0 fully saturated rings. The lowest BCUT2D eigenvalue weighted by atomic mass is 9.85. The van der Waals surface area contributed by atoms with Gasteiger partial charge >= 0.3 is 13.5 Å². The van der Waals surface area contributed by atoms with Crippen LogP contribution in [0.3, 0.4) is 0 Å². The Kier molecular flexibility index (Phi) is 4.03. The molecule has 1 unspecified atom stereocenters. The third-order valence-corrected chi connectivity index (χ3v) is 3.23. The first kappa shape index (κ1) is 14.2. The number of aliphatic hydroxyl groups is 1. The number of carbonyl (C=O) groups excluding carboxylic acids is 1. The molecule has 7 heteroatoms. The number of rotatable bonds is 4. The average Bonchev–Trinajstić information content (AvgIpc) is 2.67. The first-order chi connectivity index (χ1) is 9.00. The van der Waals surface area contributed by atoms with E-state index in [1.807, 2.05) is 0 Å². The number of ether oxygens (including phenoxy) is 2. The summed E-state index contributed by atoms with van der Waals surface area (Å²) in [5.41, 5.74) is 1.11. The monoisotopic (exact) mass is 284 g/mol. The lowest BCUT2D eigenvalue weighted by molar-refractivity contribution is -0.174. The highest BCUT2D eigenvalue weighted by Gasteiger charge is 2.43. The molecule has 0 radical (unpaired) electrons. The highest BCUT2D eigenvalue weighted by molar-refractivity contribution is 6.50. The minimum atomic E-state index is -1.73. The molecular weight excluding hydrogens is 270 g/mol. The van der Waals surface area contributed by atoms with Gasteiger partial charge in [-0.15, -0.1) is 0 Å². The molecule has 0 aliphatic carbocycles. The number of fused-ring (bicyclic) bond motifs is 1. The van der Waals surface area contributed by atoms with Gasteiger partial charge in [0.15, 0.2) is 5.79 Å². The van der Waals surface area contributed by atoms with Gasteiger partial charge in [0.1, 0.15) is 12.2 Å². The van der Waals surface area contributed by atoms with E-state index >= 15 is 0 Å². The smallest absolute Gasteiger partial charge is 0.313 e. The van der Waals surface area contributed by atoms with Crippen molar-refractivity contribution in [3.63, 3.8) is 0 Å². The molecule has 0 aromatic heterocycles. The Morgan fingerprint density at radius 3 is 2.95 bits per heavy atom. The molecule has 1 N–H and O–H groups in total. The Bertz CT molecular complexity index is 507. The van der Waals surface area contributed by atoms with Crippen LogP contribution >= 0.6 is 11.6 Å². The Hall–Kier alpha value is -1.24. The molecule has 0 bridgehead atoms. The van der Waals surface area contributed by atoms with Gasteiger partial charge in [0, 0.05) is 5.56 Å². The summed E-state index contributed by atoms with van der Waals surface area (Å²) in [7, 11) is 1.70. The summed E-state index contributed by atoms with van der Waals surface area (Å²) in [6.07, 6.45) is -0.292. The van der Waals surface area contributed by atoms with Crippen molar-refractivity contribution in [1.82, 2.24) is 0 Å². The SMILES string of the molecule is CCOC(=O)CC1(O)OBc2cc(OC)cc(Cl)c21. The molecule has 1 atom stereocenters. The van der Waals surface area contributed by atoms with Crippen LogP contribution in [-0.2, 0) is 20.0 Å². The van der Waals surface area contributed by atoms with Gasteiger partial charge in [-0.25, -0.2) is 0 Å². The van der Waals surface area contributed by atoms with Gasteiger partial charge in [0.2, 0.25) is 0 Å². The standard InChI is InChI=1S/C12H14BClO5/c1-3-18-10(15)6-12(16)11-8(13-19-12)4-7(17-2)5-9(11)14/h4-5,13,16H,3,6H2,1-2H3. The van der Waals surface area contributed by atoms with Crippen LogP contribution in [0, 0.1) is 0 Å². The Balaban J connectivity index is 2.32. The van der Waals surface area contributed by atoms with Crippen molar-refractivity contribution in [3.8, 4) is 5.75 Å². The molecular formula is C12H14BClO5. The van der Waals surface area contributed by atoms with Crippen molar-refractivity contribution in [2.45, 2.75) is 19.1 Å². The van der Waals surface area contributed by atoms with Crippen LogP contribution in [0.15, 0.2) is 12.1 Å². The highest BCUT2D eigenvalue weighted by atomic mass is 35.5. The van der Waals surface area contributed by atoms with E-state index in [-0.39, 0.29) is 20.5 Å². The maximum atomic E-state index is 11.5. The number of hydrogen-bond acceptors (Lipinski definition) is 5. The molecule has 0 saturated heterocycles. The van der Waals surface area contributed by atoms with E-state index in [2.05, 4.69) is 0 Å². The summed E-state index contributed by atoms with van der Waals surface area (Å²) in [4.78, 5) is 11.5. The normalized spacial score (nSPS) is 20.6. The van der Waals surface area contributed by atoms with Crippen LogP contribution in [-0.4, -0.2) is 32.3 Å². The maximum Gasteiger partial charge on any atom is 0.313 e. The van der Waals surface area contributed by atoms with Crippen molar-refractivity contribution in [1.29, 1.82) is 0 Å². The number of carbonyl (C=O) groups is 1. The second-order valence-corrected chi connectivity index (χ2v) is 4.61. The number of esters is 1. The lowest BCUT2D eigenvalue weighted by Gasteiger charge is -2.24. The van der Waals surface area contributed by atoms with E-state index in [1.54, 1.807) is 19.1 Å². The Morgan fingerprint density at radius 2 is 2.32 bits per heavy atom. The molecule has 1 aliphatic rings. The predicted molar refractivity (Wildman–Crippen MR) is 71.0 cm³/mol. The van der Waals surface area contributed by atoms with Crippen LogP contribution in [0.5, 0.6) is 5.75 Å². The Morgan fingerprint density at radius 1 is 1.58 bits per heavy atom. The maximum absolute atomic E-state index is 11.5. The van der Waals surface area contributed by atoms with Crippen molar-refractivity contribution in [2.75, 3.05) is 13.7 Å². The largest absolute Gasteiger partial charge is 0.497 e. The molecule has 0 amide bonds. The third kappa shape index (κ3) is 2.70. The third-order valence-electron chi connectivity index (χ3n) is 2.93. The molecule has 5 nitrogen and oxygen atoms in total. The van der Waals surface area contributed by atoms with Gasteiger partial charge in [-0.3, -0.25) is 4.79 Å². The topological polar surface area (TPSA) is 65.0 Å². The van der Waals surface area contributed by atoms with E-state index in [9.17, 15) is 9.90 Å². The molecule has 19 heavy (non-hydrogen) atoms. The molecule has 0 spiro atoms. The summed E-state index contributed by atoms with van der Waals surface area (Å²) in [6, 6.07) is 3.30. The average molecular weight is 285 g/mol. The molecule has 102 valence electrons. The first-order valence-corrected chi connectivity index (χ1v) is 6.27. The highest BCUT2D eigenvalue weighted by Crippen LogP contribution is 2.36. The molecule has 1 aromatic carbocycles. The van der Waals surface area contributed by atoms with E-state index in [0.29, 0.717) is 21.8 Å². The van der Waals surface area contributed by atoms with E-state index in [4.69, 9.17) is 25.7 Å². The second-order valence-electron chi connectivity index (χ2n) is 4.20. The van der Waals surface area contributed by atoms with Crippen molar-refractivity contribution in [3.05, 3.63) is 22.7 Å².